The standard InChI is InChI=1S/C16H21ClN2O/c1-11-6-4-7-13-14(11)19(15(18-13)12(2)17)10-16(3)8-5-9-20-16/h4,6-7,12H,5,8-10H2,1-3H3. The van der Waals surface area contributed by atoms with Crippen LogP contribution in [0.4, 0.5) is 0 Å². The lowest BCUT2D eigenvalue weighted by Crippen LogP contribution is -2.30. The van der Waals surface area contributed by atoms with Crippen molar-refractivity contribution in [2.24, 2.45) is 0 Å². The molecular formula is C16H21ClN2O. The molecule has 20 heavy (non-hydrogen) atoms. The molecule has 0 aliphatic carbocycles. The monoisotopic (exact) mass is 292 g/mol. The molecule has 1 aromatic heterocycles. The Kier molecular flexibility index (Phi) is 3.51. The molecule has 1 aliphatic heterocycles. The lowest BCUT2D eigenvalue weighted by atomic mass is 10.0. The van der Waals surface area contributed by atoms with Crippen molar-refractivity contribution in [3.05, 3.63) is 29.6 Å². The van der Waals surface area contributed by atoms with Crippen molar-refractivity contribution >= 4 is 22.6 Å². The molecule has 2 unspecified atom stereocenters. The average Bonchev–Trinajstić information content (AvgIpc) is 2.95. The fourth-order valence-electron chi connectivity index (χ4n) is 3.14. The van der Waals surface area contributed by atoms with Gasteiger partial charge in [0.25, 0.3) is 0 Å². The van der Waals surface area contributed by atoms with Gasteiger partial charge in [-0.1, -0.05) is 12.1 Å². The average molecular weight is 293 g/mol. The summed E-state index contributed by atoms with van der Waals surface area (Å²) in [5.41, 5.74) is 3.34. The molecule has 2 aromatic rings. The first-order valence-electron chi connectivity index (χ1n) is 7.24. The predicted octanol–water partition coefficient (Wildman–Crippen LogP) is 4.21. The fraction of sp³-hybridized carbons (Fsp3) is 0.562. The van der Waals surface area contributed by atoms with Crippen molar-refractivity contribution in [3.8, 4) is 0 Å². The smallest absolute Gasteiger partial charge is 0.127 e. The maximum absolute atomic E-state index is 6.34. The van der Waals surface area contributed by atoms with E-state index in [1.54, 1.807) is 0 Å². The molecule has 4 heteroatoms. The van der Waals surface area contributed by atoms with Gasteiger partial charge in [0.15, 0.2) is 0 Å². The van der Waals surface area contributed by atoms with Gasteiger partial charge >= 0.3 is 0 Å². The number of imidazole rings is 1. The number of nitrogens with zero attached hydrogens (tertiary/aromatic N) is 2. The number of aromatic nitrogens is 2. The van der Waals surface area contributed by atoms with Crippen molar-refractivity contribution < 1.29 is 4.74 Å². The van der Waals surface area contributed by atoms with Crippen LogP contribution < -0.4 is 0 Å². The van der Waals surface area contributed by atoms with E-state index in [0.717, 1.165) is 37.3 Å². The van der Waals surface area contributed by atoms with Crippen molar-refractivity contribution in [1.29, 1.82) is 0 Å². The molecule has 108 valence electrons. The number of benzene rings is 1. The van der Waals surface area contributed by atoms with Crippen LogP contribution in [0.15, 0.2) is 18.2 Å². The quantitative estimate of drug-likeness (QED) is 0.792. The number of ether oxygens (including phenoxy) is 1. The van der Waals surface area contributed by atoms with Gasteiger partial charge in [-0.05, 0) is 45.2 Å². The molecule has 0 saturated carbocycles. The summed E-state index contributed by atoms with van der Waals surface area (Å²) >= 11 is 6.34. The molecular weight excluding hydrogens is 272 g/mol. The number of aryl methyl sites for hydroxylation is 1. The van der Waals surface area contributed by atoms with E-state index in [-0.39, 0.29) is 11.0 Å². The number of halogens is 1. The highest BCUT2D eigenvalue weighted by Crippen LogP contribution is 2.32. The first-order valence-corrected chi connectivity index (χ1v) is 7.68. The number of hydrogen-bond acceptors (Lipinski definition) is 2. The zero-order chi connectivity index (χ0) is 14.3. The minimum absolute atomic E-state index is 0.101. The van der Waals surface area contributed by atoms with Gasteiger partial charge in [-0.15, -0.1) is 11.6 Å². The zero-order valence-corrected chi connectivity index (χ0v) is 13.1. The van der Waals surface area contributed by atoms with E-state index >= 15 is 0 Å². The summed E-state index contributed by atoms with van der Waals surface area (Å²) in [7, 11) is 0. The normalized spacial score (nSPS) is 24.4. The number of fused-ring (bicyclic) bond motifs is 1. The largest absolute Gasteiger partial charge is 0.373 e. The van der Waals surface area contributed by atoms with Crippen LogP contribution in [0.1, 0.15) is 43.5 Å². The Hall–Kier alpha value is -1.06. The van der Waals surface area contributed by atoms with Crippen LogP contribution in [0.25, 0.3) is 11.0 Å². The molecule has 1 saturated heterocycles. The van der Waals surface area contributed by atoms with Gasteiger partial charge in [-0.3, -0.25) is 0 Å². The minimum atomic E-state index is -0.105. The second-order valence-corrected chi connectivity index (χ2v) is 6.67. The SMILES string of the molecule is Cc1cccc2nc(C(C)Cl)n(CC3(C)CCCO3)c12. The third kappa shape index (κ3) is 2.33. The molecule has 2 atom stereocenters. The van der Waals surface area contributed by atoms with E-state index in [9.17, 15) is 0 Å². The van der Waals surface area contributed by atoms with Crippen LogP contribution >= 0.6 is 11.6 Å². The summed E-state index contributed by atoms with van der Waals surface area (Å²) in [6.45, 7) is 7.97. The molecule has 0 N–H and O–H groups in total. The van der Waals surface area contributed by atoms with Crippen LogP contribution in [0.2, 0.25) is 0 Å². The molecule has 3 rings (SSSR count). The Balaban J connectivity index is 2.13. The molecule has 1 fully saturated rings. The first-order chi connectivity index (χ1) is 9.50. The molecule has 0 radical (unpaired) electrons. The van der Waals surface area contributed by atoms with Crippen molar-refractivity contribution in [1.82, 2.24) is 9.55 Å². The Morgan fingerprint density at radius 1 is 1.50 bits per heavy atom. The molecule has 1 aliphatic rings. The van der Waals surface area contributed by atoms with Crippen LogP contribution in [0, 0.1) is 6.92 Å². The Morgan fingerprint density at radius 2 is 2.30 bits per heavy atom. The van der Waals surface area contributed by atoms with E-state index in [2.05, 4.69) is 30.5 Å². The lowest BCUT2D eigenvalue weighted by molar-refractivity contribution is 0.00648. The molecule has 0 spiro atoms. The van der Waals surface area contributed by atoms with Crippen molar-refractivity contribution in [3.63, 3.8) is 0 Å². The molecule has 0 bridgehead atoms. The van der Waals surface area contributed by atoms with Gasteiger partial charge in [0, 0.05) is 6.61 Å². The molecule has 0 amide bonds. The number of hydrogen-bond donors (Lipinski definition) is 0. The topological polar surface area (TPSA) is 27.1 Å². The lowest BCUT2D eigenvalue weighted by Gasteiger charge is -2.25. The first kappa shape index (κ1) is 13.9. The van der Waals surface area contributed by atoms with Gasteiger partial charge in [0.1, 0.15) is 5.82 Å². The number of para-hydroxylation sites is 1. The Labute approximate surface area is 124 Å². The summed E-state index contributed by atoms with van der Waals surface area (Å²) in [6.07, 6.45) is 2.22. The van der Waals surface area contributed by atoms with Crippen LogP contribution in [0.5, 0.6) is 0 Å². The van der Waals surface area contributed by atoms with Gasteiger partial charge in [-0.2, -0.15) is 0 Å². The highest BCUT2D eigenvalue weighted by molar-refractivity contribution is 6.20. The fourth-order valence-corrected chi connectivity index (χ4v) is 3.31. The van der Waals surface area contributed by atoms with Crippen molar-refractivity contribution in [2.75, 3.05) is 6.61 Å². The predicted molar refractivity (Wildman–Crippen MR) is 82.3 cm³/mol. The van der Waals surface area contributed by atoms with Gasteiger partial charge in [0.2, 0.25) is 0 Å². The van der Waals surface area contributed by atoms with E-state index in [1.165, 1.54) is 11.1 Å². The van der Waals surface area contributed by atoms with E-state index < -0.39 is 0 Å². The Morgan fingerprint density at radius 3 is 2.95 bits per heavy atom. The molecule has 3 nitrogen and oxygen atoms in total. The third-order valence-electron chi connectivity index (χ3n) is 4.15. The van der Waals surface area contributed by atoms with Gasteiger partial charge in [-0.25, -0.2) is 4.98 Å². The highest BCUT2D eigenvalue weighted by atomic mass is 35.5. The van der Waals surface area contributed by atoms with Crippen LogP contribution in [0.3, 0.4) is 0 Å². The van der Waals surface area contributed by atoms with E-state index in [0.29, 0.717) is 0 Å². The zero-order valence-electron chi connectivity index (χ0n) is 12.3. The van der Waals surface area contributed by atoms with Gasteiger partial charge in [0.05, 0.1) is 28.6 Å². The third-order valence-corrected chi connectivity index (χ3v) is 4.34. The summed E-state index contributed by atoms with van der Waals surface area (Å²) in [6, 6.07) is 6.23. The van der Waals surface area contributed by atoms with Gasteiger partial charge < -0.3 is 9.30 Å². The maximum Gasteiger partial charge on any atom is 0.127 e. The number of rotatable bonds is 3. The second-order valence-electron chi connectivity index (χ2n) is 6.02. The highest BCUT2D eigenvalue weighted by Gasteiger charge is 2.32. The summed E-state index contributed by atoms with van der Waals surface area (Å²) in [5.74, 6) is 0.938. The summed E-state index contributed by atoms with van der Waals surface area (Å²) in [4.78, 5) is 4.72. The second kappa shape index (κ2) is 5.05. The summed E-state index contributed by atoms with van der Waals surface area (Å²) < 4.78 is 8.20. The van der Waals surface area contributed by atoms with E-state index in [1.807, 2.05) is 13.0 Å². The van der Waals surface area contributed by atoms with Crippen LogP contribution in [-0.2, 0) is 11.3 Å². The Bertz CT molecular complexity index is 627. The molecule has 2 heterocycles. The van der Waals surface area contributed by atoms with E-state index in [4.69, 9.17) is 21.3 Å². The van der Waals surface area contributed by atoms with Crippen LogP contribution in [-0.4, -0.2) is 21.8 Å². The minimum Gasteiger partial charge on any atom is -0.373 e. The molecule has 1 aromatic carbocycles. The maximum atomic E-state index is 6.34. The summed E-state index contributed by atoms with van der Waals surface area (Å²) in [5, 5.41) is -0.105. The van der Waals surface area contributed by atoms with Crippen molar-refractivity contribution in [2.45, 2.75) is 51.1 Å². The number of alkyl halides is 1.